The number of nitrogens with zero attached hydrogens (tertiary/aromatic N) is 4. The molecule has 1 fully saturated rings. The molecule has 0 aliphatic carbocycles. The van der Waals surface area contributed by atoms with Crippen LogP contribution in [0, 0.1) is 0 Å². The fourth-order valence-corrected chi connectivity index (χ4v) is 3.03. The Kier molecular flexibility index (Phi) is 4.90. The number of aryl methyl sites for hydroxylation is 1. The number of hydrogen-bond donors (Lipinski definition) is 0. The van der Waals surface area contributed by atoms with Gasteiger partial charge in [0.25, 0.3) is 5.91 Å². The van der Waals surface area contributed by atoms with E-state index in [4.69, 9.17) is 4.74 Å². The van der Waals surface area contributed by atoms with E-state index in [0.717, 1.165) is 38.2 Å². The van der Waals surface area contributed by atoms with Gasteiger partial charge in [-0.1, -0.05) is 6.92 Å². The topological polar surface area (TPSA) is 60.2 Å². The monoisotopic (exact) mass is 314 g/mol. The van der Waals surface area contributed by atoms with Crippen molar-refractivity contribution >= 4 is 5.91 Å². The number of amides is 1. The molecular formula is C17H22N4O2. The van der Waals surface area contributed by atoms with Gasteiger partial charge in [0.1, 0.15) is 11.6 Å². The average molecular weight is 314 g/mol. The first-order chi connectivity index (χ1) is 11.3. The van der Waals surface area contributed by atoms with E-state index < -0.39 is 0 Å². The number of carbonyl (C=O) groups excluding carboxylic acids is 1. The molecule has 3 rings (SSSR count). The standard InChI is InChI=1S/C17H22N4O2/c1-2-16-19-8-10-21(16)14-5-4-9-20(12-14)17(22)13-23-15-6-3-7-18-11-15/h3,6-8,10-11,14H,2,4-5,9,12-13H2,1H3/t14-/m1/s1. The molecule has 0 radical (unpaired) electrons. The maximum absolute atomic E-state index is 12.4. The van der Waals surface area contributed by atoms with Crippen LogP contribution in [-0.2, 0) is 11.2 Å². The van der Waals surface area contributed by atoms with Crippen molar-refractivity contribution in [2.24, 2.45) is 0 Å². The lowest BCUT2D eigenvalue weighted by atomic mass is 10.1. The van der Waals surface area contributed by atoms with Crippen LogP contribution in [-0.4, -0.2) is 45.0 Å². The third kappa shape index (κ3) is 3.70. The third-order valence-electron chi connectivity index (χ3n) is 4.20. The van der Waals surface area contributed by atoms with Crippen molar-refractivity contribution in [1.82, 2.24) is 19.4 Å². The smallest absolute Gasteiger partial charge is 0.260 e. The number of hydrogen-bond acceptors (Lipinski definition) is 4. The maximum Gasteiger partial charge on any atom is 0.260 e. The van der Waals surface area contributed by atoms with Crippen LogP contribution in [0.1, 0.15) is 31.6 Å². The number of aromatic nitrogens is 3. The van der Waals surface area contributed by atoms with E-state index in [1.54, 1.807) is 24.5 Å². The first kappa shape index (κ1) is 15.5. The molecule has 0 bridgehead atoms. The molecule has 1 amide bonds. The number of pyridine rings is 1. The van der Waals surface area contributed by atoms with Crippen molar-refractivity contribution < 1.29 is 9.53 Å². The number of imidazole rings is 1. The minimum absolute atomic E-state index is 0.0247. The highest BCUT2D eigenvalue weighted by Gasteiger charge is 2.25. The largest absolute Gasteiger partial charge is 0.482 e. The summed E-state index contributed by atoms with van der Waals surface area (Å²) in [5, 5.41) is 0. The first-order valence-electron chi connectivity index (χ1n) is 8.10. The Morgan fingerprint density at radius 2 is 2.35 bits per heavy atom. The molecule has 6 heteroatoms. The molecule has 0 aromatic carbocycles. The van der Waals surface area contributed by atoms with Gasteiger partial charge in [-0.05, 0) is 25.0 Å². The van der Waals surface area contributed by atoms with Crippen molar-refractivity contribution in [1.29, 1.82) is 0 Å². The van der Waals surface area contributed by atoms with E-state index in [0.29, 0.717) is 11.8 Å². The highest BCUT2D eigenvalue weighted by atomic mass is 16.5. The lowest BCUT2D eigenvalue weighted by Crippen LogP contribution is -2.43. The Balaban J connectivity index is 1.58. The van der Waals surface area contributed by atoms with Gasteiger partial charge in [0.15, 0.2) is 6.61 Å². The summed E-state index contributed by atoms with van der Waals surface area (Å²) < 4.78 is 7.73. The van der Waals surface area contributed by atoms with Gasteiger partial charge in [-0.2, -0.15) is 0 Å². The zero-order valence-corrected chi connectivity index (χ0v) is 13.4. The first-order valence-corrected chi connectivity index (χ1v) is 8.10. The summed E-state index contributed by atoms with van der Waals surface area (Å²) in [6.45, 7) is 3.68. The summed E-state index contributed by atoms with van der Waals surface area (Å²) in [4.78, 5) is 22.7. The van der Waals surface area contributed by atoms with Crippen LogP contribution in [0.15, 0.2) is 36.9 Å². The summed E-state index contributed by atoms with van der Waals surface area (Å²) >= 11 is 0. The number of ether oxygens (including phenoxy) is 1. The zero-order valence-electron chi connectivity index (χ0n) is 13.4. The fourth-order valence-electron chi connectivity index (χ4n) is 3.03. The minimum atomic E-state index is 0.0247. The van der Waals surface area contributed by atoms with Crippen molar-refractivity contribution in [3.05, 3.63) is 42.7 Å². The Hall–Kier alpha value is -2.37. The van der Waals surface area contributed by atoms with Gasteiger partial charge in [0.05, 0.1) is 12.2 Å². The molecule has 122 valence electrons. The number of piperidine rings is 1. The SMILES string of the molecule is CCc1nccn1[C@@H]1CCCN(C(=O)COc2cccnc2)C1. The molecule has 1 aliphatic rings. The van der Waals surface area contributed by atoms with Crippen molar-refractivity contribution in [3.8, 4) is 5.75 Å². The Bertz CT molecular complexity index is 641. The van der Waals surface area contributed by atoms with Gasteiger partial charge in [0.2, 0.25) is 0 Å². The Morgan fingerprint density at radius 3 is 3.13 bits per heavy atom. The number of carbonyl (C=O) groups is 1. The molecule has 23 heavy (non-hydrogen) atoms. The molecule has 3 heterocycles. The molecule has 1 atom stereocenters. The minimum Gasteiger partial charge on any atom is -0.482 e. The summed E-state index contributed by atoms with van der Waals surface area (Å²) in [5.74, 6) is 1.73. The second kappa shape index (κ2) is 7.26. The van der Waals surface area contributed by atoms with Crippen LogP contribution >= 0.6 is 0 Å². The predicted molar refractivity (Wildman–Crippen MR) is 86.2 cm³/mol. The fraction of sp³-hybridized carbons (Fsp3) is 0.471. The van der Waals surface area contributed by atoms with Crippen molar-refractivity contribution in [2.45, 2.75) is 32.2 Å². The van der Waals surface area contributed by atoms with Gasteiger partial charge in [-0.3, -0.25) is 9.78 Å². The van der Waals surface area contributed by atoms with Gasteiger partial charge >= 0.3 is 0 Å². The highest BCUT2D eigenvalue weighted by molar-refractivity contribution is 5.77. The van der Waals surface area contributed by atoms with Crippen LogP contribution in [0.3, 0.4) is 0 Å². The molecule has 0 N–H and O–H groups in total. The molecule has 0 unspecified atom stereocenters. The maximum atomic E-state index is 12.4. The Morgan fingerprint density at radius 1 is 1.43 bits per heavy atom. The molecule has 2 aromatic rings. The predicted octanol–water partition coefficient (Wildman–Crippen LogP) is 2.08. The van der Waals surface area contributed by atoms with Crippen LogP contribution in [0.25, 0.3) is 0 Å². The molecule has 0 spiro atoms. The van der Waals surface area contributed by atoms with Crippen LogP contribution in [0.5, 0.6) is 5.75 Å². The van der Waals surface area contributed by atoms with Gasteiger partial charge in [-0.25, -0.2) is 4.98 Å². The average Bonchev–Trinajstić information content (AvgIpc) is 3.09. The molecule has 1 aliphatic heterocycles. The molecule has 0 saturated carbocycles. The second-order valence-corrected chi connectivity index (χ2v) is 5.72. The Labute approximate surface area is 136 Å². The van der Waals surface area contributed by atoms with E-state index in [1.165, 1.54) is 0 Å². The zero-order chi connectivity index (χ0) is 16.1. The summed E-state index contributed by atoms with van der Waals surface area (Å²) in [6, 6.07) is 3.91. The van der Waals surface area contributed by atoms with Crippen LogP contribution in [0.2, 0.25) is 0 Å². The molecular weight excluding hydrogens is 292 g/mol. The number of likely N-dealkylation sites (tertiary alicyclic amines) is 1. The van der Waals surface area contributed by atoms with E-state index in [-0.39, 0.29) is 12.5 Å². The quantitative estimate of drug-likeness (QED) is 0.848. The van der Waals surface area contributed by atoms with Gasteiger partial charge in [-0.15, -0.1) is 0 Å². The summed E-state index contributed by atoms with van der Waals surface area (Å²) in [6.07, 6.45) is 10.1. The third-order valence-corrected chi connectivity index (χ3v) is 4.20. The van der Waals surface area contributed by atoms with Crippen LogP contribution in [0.4, 0.5) is 0 Å². The normalized spacial score (nSPS) is 18.0. The summed E-state index contributed by atoms with van der Waals surface area (Å²) in [5.41, 5.74) is 0. The van der Waals surface area contributed by atoms with Gasteiger partial charge in [0, 0.05) is 38.1 Å². The van der Waals surface area contributed by atoms with Crippen molar-refractivity contribution in [3.63, 3.8) is 0 Å². The molecule has 2 aromatic heterocycles. The number of rotatable bonds is 5. The molecule has 1 saturated heterocycles. The van der Waals surface area contributed by atoms with Crippen LogP contribution < -0.4 is 4.74 Å². The van der Waals surface area contributed by atoms with Crippen molar-refractivity contribution in [2.75, 3.05) is 19.7 Å². The van der Waals surface area contributed by atoms with E-state index in [9.17, 15) is 4.79 Å². The highest BCUT2D eigenvalue weighted by Crippen LogP contribution is 2.23. The van der Waals surface area contributed by atoms with E-state index in [1.807, 2.05) is 17.3 Å². The lowest BCUT2D eigenvalue weighted by molar-refractivity contribution is -0.135. The van der Waals surface area contributed by atoms with E-state index in [2.05, 4.69) is 21.5 Å². The summed E-state index contributed by atoms with van der Waals surface area (Å²) in [7, 11) is 0. The molecule has 6 nitrogen and oxygen atoms in total. The van der Waals surface area contributed by atoms with E-state index >= 15 is 0 Å². The van der Waals surface area contributed by atoms with Gasteiger partial charge < -0.3 is 14.2 Å². The lowest BCUT2D eigenvalue weighted by Gasteiger charge is -2.34. The second-order valence-electron chi connectivity index (χ2n) is 5.72.